The summed E-state index contributed by atoms with van der Waals surface area (Å²) in [6.45, 7) is 0. The maximum absolute atomic E-state index is 5.69. The summed E-state index contributed by atoms with van der Waals surface area (Å²) in [5, 5.41) is 28.9. The fourth-order valence-corrected chi connectivity index (χ4v) is 20.3. The number of methoxy groups -OCH3 is 6. The molecule has 0 bridgehead atoms. The molecule has 132 heavy (non-hydrogen) atoms. The van der Waals surface area contributed by atoms with E-state index in [9.17, 15) is 0 Å². The van der Waals surface area contributed by atoms with Crippen LogP contribution in [0.2, 0.25) is 0 Å². The molecule has 24 aromatic carbocycles. The largest absolute Gasteiger partial charge is 0.497 e. The van der Waals surface area contributed by atoms with Gasteiger partial charge in [0.15, 0.2) is 0 Å². The van der Waals surface area contributed by atoms with Crippen LogP contribution in [0.3, 0.4) is 0 Å². The Morgan fingerprint density at radius 3 is 0.439 bits per heavy atom. The molecule has 0 aliphatic rings. The van der Waals surface area contributed by atoms with Crippen LogP contribution >= 0.6 is 0 Å². The van der Waals surface area contributed by atoms with Crippen molar-refractivity contribution in [2.24, 2.45) is 0 Å². The van der Waals surface area contributed by atoms with Crippen LogP contribution in [0, 0.1) is 0 Å². The molecule has 0 saturated heterocycles. The van der Waals surface area contributed by atoms with Gasteiger partial charge in [-0.25, -0.2) is 0 Å². The van der Waals surface area contributed by atoms with E-state index in [0.29, 0.717) is 0 Å². The monoisotopic (exact) mass is 1700 g/mol. The minimum atomic E-state index is 0.874. The third-order valence-corrected chi connectivity index (χ3v) is 26.7. The van der Waals surface area contributed by atoms with Gasteiger partial charge in [-0.15, -0.1) is 0 Å². The van der Waals surface area contributed by atoms with Gasteiger partial charge in [0.05, 0.1) is 42.7 Å². The number of rotatable bonds is 15. The van der Waals surface area contributed by atoms with Crippen molar-refractivity contribution < 1.29 is 28.4 Å². The molecule has 0 aromatic heterocycles. The van der Waals surface area contributed by atoms with Gasteiger partial charge in [0.2, 0.25) is 0 Å². The Bertz CT molecular complexity index is 8360. The van der Waals surface area contributed by atoms with Crippen LogP contribution in [-0.2, 0) is 0 Å². The van der Waals surface area contributed by atoms with Crippen LogP contribution in [0.5, 0.6) is 34.5 Å². The van der Waals surface area contributed by atoms with E-state index in [1.165, 1.54) is 213 Å². The first-order chi connectivity index (χ1) is 65.2. The van der Waals surface area contributed by atoms with Crippen molar-refractivity contribution in [3.63, 3.8) is 0 Å². The van der Waals surface area contributed by atoms with Crippen molar-refractivity contribution in [2.45, 2.75) is 0 Å². The van der Waals surface area contributed by atoms with E-state index in [1.54, 1.807) is 42.7 Å². The third kappa shape index (κ3) is 14.5. The first kappa shape index (κ1) is 81.0. The molecule has 0 N–H and O–H groups in total. The molecule has 24 aromatic rings. The molecular weight excluding hydrogens is 1610 g/mol. The lowest BCUT2D eigenvalue weighted by Crippen LogP contribution is -1.92. The predicted octanol–water partition coefficient (Wildman–Crippen LogP) is 34.0. The topological polar surface area (TPSA) is 55.4 Å². The van der Waals surface area contributed by atoms with E-state index < -0.39 is 0 Å². The van der Waals surface area contributed by atoms with Gasteiger partial charge in [-0.2, -0.15) is 0 Å². The highest BCUT2D eigenvalue weighted by molar-refractivity contribution is 6.19. The number of benzene rings is 24. The van der Waals surface area contributed by atoms with Crippen LogP contribution < -0.4 is 28.4 Å². The molecule has 630 valence electrons. The zero-order chi connectivity index (χ0) is 88.9. The van der Waals surface area contributed by atoms with Crippen LogP contribution in [0.4, 0.5) is 0 Å². The van der Waals surface area contributed by atoms with Crippen molar-refractivity contribution in [2.75, 3.05) is 42.7 Å². The normalized spacial score (nSPS) is 11.4. The van der Waals surface area contributed by atoms with E-state index in [2.05, 4.69) is 419 Å². The van der Waals surface area contributed by atoms with E-state index in [-0.39, 0.29) is 0 Å². The van der Waals surface area contributed by atoms with E-state index in [4.69, 9.17) is 28.4 Å². The maximum Gasteiger partial charge on any atom is 0.126 e. The highest BCUT2D eigenvalue weighted by Gasteiger charge is 2.23. The Morgan fingerprint density at radius 1 is 0.114 bits per heavy atom. The highest BCUT2D eigenvalue weighted by atomic mass is 16.5. The molecule has 0 radical (unpaired) electrons. The van der Waals surface area contributed by atoms with E-state index in [1.807, 2.05) is 18.2 Å². The van der Waals surface area contributed by atoms with Gasteiger partial charge < -0.3 is 28.4 Å². The van der Waals surface area contributed by atoms with Gasteiger partial charge >= 0.3 is 0 Å². The zero-order valence-corrected chi connectivity index (χ0v) is 74.0. The van der Waals surface area contributed by atoms with E-state index in [0.717, 1.165) is 50.7 Å². The Morgan fingerprint density at radius 2 is 0.258 bits per heavy atom. The smallest absolute Gasteiger partial charge is 0.126 e. The summed E-state index contributed by atoms with van der Waals surface area (Å²) >= 11 is 0. The zero-order valence-electron chi connectivity index (χ0n) is 74.0. The predicted molar refractivity (Wildman–Crippen MR) is 558 cm³/mol. The number of fused-ring (bicyclic) bond motifs is 12. The molecule has 6 nitrogen and oxygen atoms in total. The van der Waals surface area contributed by atoms with Crippen LogP contribution in [0.1, 0.15) is 0 Å². The summed E-state index contributed by atoms with van der Waals surface area (Å²) in [4.78, 5) is 0. The van der Waals surface area contributed by atoms with Crippen molar-refractivity contribution in [3.8, 4) is 135 Å². The quantitative estimate of drug-likeness (QED) is 0.102. The molecule has 0 aliphatic carbocycles. The second kappa shape index (κ2) is 34.8. The minimum absolute atomic E-state index is 0.874. The minimum Gasteiger partial charge on any atom is -0.497 e. The summed E-state index contributed by atoms with van der Waals surface area (Å²) in [7, 11) is 10.3. The molecule has 0 unspecified atom stereocenters. The summed E-state index contributed by atoms with van der Waals surface area (Å²) in [5.41, 5.74) is 22.0. The second-order valence-electron chi connectivity index (χ2n) is 33.6. The Hall–Kier alpha value is -16.8. The van der Waals surface area contributed by atoms with Crippen molar-refractivity contribution in [1.82, 2.24) is 0 Å². The molecule has 0 fully saturated rings. The maximum atomic E-state index is 5.69. The van der Waals surface area contributed by atoms with Gasteiger partial charge in [-0.05, 0) is 286 Å². The van der Waals surface area contributed by atoms with Gasteiger partial charge in [0.1, 0.15) is 34.5 Å². The Labute approximate surface area is 766 Å². The molecule has 0 amide bonds. The summed E-state index contributed by atoms with van der Waals surface area (Å²) in [6, 6.07) is 157. The van der Waals surface area contributed by atoms with Crippen molar-refractivity contribution >= 4 is 129 Å². The lowest BCUT2D eigenvalue weighted by Gasteiger charge is -2.18. The fourth-order valence-electron chi connectivity index (χ4n) is 20.3. The average molecular weight is 1700 g/mol. The summed E-state index contributed by atoms with van der Waals surface area (Å²) in [6.07, 6.45) is 0. The van der Waals surface area contributed by atoms with Crippen LogP contribution in [-0.4, -0.2) is 42.7 Å². The average Bonchev–Trinajstić information content (AvgIpc) is 0.799. The van der Waals surface area contributed by atoms with Crippen molar-refractivity contribution in [3.05, 3.63) is 437 Å². The number of hydrogen-bond acceptors (Lipinski definition) is 6. The molecule has 0 heterocycles. The Balaban J connectivity index is 0.000000116. The molecular formula is C126H90O6. The van der Waals surface area contributed by atoms with E-state index >= 15 is 0 Å². The molecule has 0 spiro atoms. The Kier molecular flexibility index (Phi) is 21.3. The standard InChI is InChI=1S/3C42H30O2/c1-43-41-25-23-37(31-15-7-9-17-39(31)41)35-21-19-33(27-11-3-5-13-29(27)35)34-20-22-36(30-14-6-4-12-28(30)34)38-24-26-42(44-2)40-18-10-8-16-32(38)40;1-43-33-17-15-27-23-31(13-11-29(27)25-33)35-19-21-41(39-9-5-3-7-37(35)39)42-22-20-36(38-8-4-6-10-40(38)42)32-14-12-30-26-34(44-2)18-16-28(30)24-32;1-43-30-18-17-27-25-29(16-15-28(27)26-30)31-19-20-37(33-10-4-3-9-32(31)33)38-21-22-39(35-12-6-5-11-34(35)38)40-23-24-42(44-2)41-14-8-7-13-36(40)41/h3*3-26H,1-2H3. The van der Waals surface area contributed by atoms with Gasteiger partial charge in [-0.3, -0.25) is 0 Å². The summed E-state index contributed by atoms with van der Waals surface area (Å²) in [5.74, 6) is 5.29. The first-order valence-electron chi connectivity index (χ1n) is 44.7. The fraction of sp³-hybridized carbons (Fsp3) is 0.0476. The lowest BCUT2D eigenvalue weighted by atomic mass is 9.86. The molecule has 0 aliphatic heterocycles. The molecule has 0 atom stereocenters. The van der Waals surface area contributed by atoms with Gasteiger partial charge in [-0.1, -0.05) is 364 Å². The molecule has 6 heteroatoms. The summed E-state index contributed by atoms with van der Waals surface area (Å²) < 4.78 is 33.4. The van der Waals surface area contributed by atoms with Gasteiger partial charge in [0.25, 0.3) is 0 Å². The number of ether oxygens (including phenoxy) is 6. The van der Waals surface area contributed by atoms with Gasteiger partial charge in [0, 0.05) is 16.2 Å². The molecule has 24 rings (SSSR count). The lowest BCUT2D eigenvalue weighted by molar-refractivity contribution is 0.415. The van der Waals surface area contributed by atoms with Crippen molar-refractivity contribution in [1.29, 1.82) is 0 Å². The molecule has 0 saturated carbocycles. The third-order valence-electron chi connectivity index (χ3n) is 26.7. The SMILES string of the molecule is COc1ccc(-c2ccc(-c3ccc(-c4ccc(OC)c5ccccc45)c4ccccc34)c3ccccc23)c2ccccc12.COc1ccc2cc(-c3ccc(-c4ccc(-c5ccc(OC)c6ccccc56)c5ccccc45)c4ccccc34)ccc2c1.COc1ccc2cc(-c3ccc(-c4ccc(-c5ccc6cc(OC)ccc6c5)c5ccccc45)c4ccccc34)ccc2c1. The number of hydrogen-bond donors (Lipinski definition) is 0. The first-order valence-corrected chi connectivity index (χ1v) is 44.7. The van der Waals surface area contributed by atoms with Crippen LogP contribution in [0.15, 0.2) is 437 Å². The highest BCUT2D eigenvalue weighted by Crippen LogP contribution is 2.50. The van der Waals surface area contributed by atoms with Crippen LogP contribution in [0.25, 0.3) is 229 Å². The second-order valence-corrected chi connectivity index (χ2v) is 33.6.